The minimum absolute atomic E-state index is 0.128. The van der Waals surface area contributed by atoms with Crippen LogP contribution in [0.5, 0.6) is 5.75 Å². The zero-order valence-electron chi connectivity index (χ0n) is 12.3. The smallest absolute Gasteiger partial charge is 0.324 e. The summed E-state index contributed by atoms with van der Waals surface area (Å²) in [6.07, 6.45) is 5.17. The predicted octanol–water partition coefficient (Wildman–Crippen LogP) is 2.43. The summed E-state index contributed by atoms with van der Waals surface area (Å²) in [4.78, 5) is 24.8. The van der Waals surface area contributed by atoms with Crippen LogP contribution in [0.2, 0.25) is 0 Å². The van der Waals surface area contributed by atoms with Crippen LogP contribution in [0.15, 0.2) is 30.3 Å². The molecule has 1 aliphatic rings. The van der Waals surface area contributed by atoms with Gasteiger partial charge in [0.1, 0.15) is 11.8 Å². The number of nitrogens with one attached hydrogen (secondary N) is 1. The van der Waals surface area contributed by atoms with Crippen LogP contribution in [0, 0.1) is 0 Å². The average Bonchev–Trinajstić information content (AvgIpc) is 2.78. The highest BCUT2D eigenvalue weighted by molar-refractivity contribution is 6.04. The van der Waals surface area contributed by atoms with E-state index in [4.69, 9.17) is 4.74 Å². The van der Waals surface area contributed by atoms with Gasteiger partial charge in [0.05, 0.1) is 7.11 Å². The molecule has 3 amide bonds. The van der Waals surface area contributed by atoms with Crippen LogP contribution in [0.1, 0.15) is 25.3 Å². The summed E-state index contributed by atoms with van der Waals surface area (Å²) in [5.41, 5.74) is 1.03. The molecule has 1 aromatic rings. The first kappa shape index (κ1) is 15.1. The van der Waals surface area contributed by atoms with Gasteiger partial charge in [-0.25, -0.2) is 4.79 Å². The number of carbonyl (C=O) groups is 2. The van der Waals surface area contributed by atoms with Gasteiger partial charge in [0.2, 0.25) is 0 Å². The lowest BCUT2D eigenvalue weighted by molar-refractivity contribution is -0.127. The van der Waals surface area contributed by atoms with Crippen molar-refractivity contribution in [3.63, 3.8) is 0 Å². The molecule has 1 heterocycles. The highest BCUT2D eigenvalue weighted by Crippen LogP contribution is 2.14. The summed E-state index contributed by atoms with van der Waals surface area (Å²) in [6.45, 7) is 2.29. The van der Waals surface area contributed by atoms with Gasteiger partial charge < -0.3 is 10.1 Å². The molecule has 5 nitrogen and oxygen atoms in total. The molecule has 1 atom stereocenters. The lowest BCUT2D eigenvalue weighted by Gasteiger charge is -2.10. The second-order valence-corrected chi connectivity index (χ2v) is 4.87. The monoisotopic (exact) mass is 288 g/mol. The summed E-state index contributed by atoms with van der Waals surface area (Å²) < 4.78 is 5.16. The quantitative estimate of drug-likeness (QED) is 0.818. The molecule has 5 heteroatoms. The van der Waals surface area contributed by atoms with Crippen molar-refractivity contribution in [3.8, 4) is 5.75 Å². The summed E-state index contributed by atoms with van der Waals surface area (Å²) in [6, 6.07) is 7.05. The highest BCUT2D eigenvalue weighted by atomic mass is 16.5. The van der Waals surface area contributed by atoms with Crippen molar-refractivity contribution < 1.29 is 14.3 Å². The second-order valence-electron chi connectivity index (χ2n) is 4.87. The van der Waals surface area contributed by atoms with Crippen molar-refractivity contribution in [1.29, 1.82) is 0 Å². The van der Waals surface area contributed by atoms with Crippen molar-refractivity contribution in [3.05, 3.63) is 35.9 Å². The Kier molecular flexibility index (Phi) is 4.98. The Labute approximate surface area is 124 Å². The van der Waals surface area contributed by atoms with Crippen molar-refractivity contribution in [2.75, 3.05) is 13.7 Å². The molecule has 2 rings (SSSR count). The second kappa shape index (κ2) is 6.92. The van der Waals surface area contributed by atoms with Crippen LogP contribution in [-0.2, 0) is 4.79 Å². The van der Waals surface area contributed by atoms with Gasteiger partial charge in [0, 0.05) is 6.54 Å². The number of benzene rings is 1. The number of rotatable bonds is 6. The molecule has 0 saturated carbocycles. The van der Waals surface area contributed by atoms with Crippen LogP contribution in [0.4, 0.5) is 4.79 Å². The maximum atomic E-state index is 11.9. The first-order valence-electron chi connectivity index (χ1n) is 7.08. The van der Waals surface area contributed by atoms with Crippen molar-refractivity contribution in [2.24, 2.45) is 0 Å². The molecular weight excluding hydrogens is 268 g/mol. The largest absolute Gasteiger partial charge is 0.497 e. The molecule has 0 aliphatic carbocycles. The van der Waals surface area contributed by atoms with Crippen molar-refractivity contribution in [2.45, 2.75) is 25.8 Å². The number of hydrogen-bond acceptors (Lipinski definition) is 3. The SMILES string of the molecule is CCC1NC(=O)N(CCC=Cc2cccc(OC)c2)C1=O. The van der Waals surface area contributed by atoms with E-state index in [0.717, 1.165) is 11.3 Å². The van der Waals surface area contributed by atoms with E-state index in [2.05, 4.69) is 5.32 Å². The van der Waals surface area contributed by atoms with E-state index in [0.29, 0.717) is 19.4 Å². The highest BCUT2D eigenvalue weighted by Gasteiger charge is 2.35. The first-order chi connectivity index (χ1) is 10.2. The number of urea groups is 1. The van der Waals surface area contributed by atoms with Gasteiger partial charge in [-0.05, 0) is 30.5 Å². The van der Waals surface area contributed by atoms with E-state index < -0.39 is 0 Å². The zero-order valence-corrected chi connectivity index (χ0v) is 12.3. The minimum atomic E-state index is -0.361. The van der Waals surface area contributed by atoms with Crippen LogP contribution >= 0.6 is 0 Å². The third-order valence-corrected chi connectivity index (χ3v) is 3.44. The van der Waals surface area contributed by atoms with E-state index in [1.165, 1.54) is 4.90 Å². The standard InChI is InChI=1S/C16H20N2O3/c1-3-14-15(19)18(16(20)17-14)10-5-4-7-12-8-6-9-13(11-12)21-2/h4,6-9,11,14H,3,5,10H2,1-2H3,(H,17,20). The van der Waals surface area contributed by atoms with Gasteiger partial charge >= 0.3 is 6.03 Å². The summed E-state index contributed by atoms with van der Waals surface area (Å²) in [5, 5.41) is 2.67. The molecule has 0 aromatic heterocycles. The van der Waals surface area contributed by atoms with Crippen LogP contribution < -0.4 is 10.1 Å². The summed E-state index contributed by atoms with van der Waals surface area (Å²) >= 11 is 0. The van der Waals surface area contributed by atoms with E-state index in [-0.39, 0.29) is 18.0 Å². The molecule has 0 radical (unpaired) electrons. The Morgan fingerprint density at radius 1 is 1.38 bits per heavy atom. The number of carbonyl (C=O) groups excluding carboxylic acids is 2. The molecule has 1 N–H and O–H groups in total. The molecule has 1 saturated heterocycles. The number of hydrogen-bond donors (Lipinski definition) is 1. The summed E-state index contributed by atoms with van der Waals surface area (Å²) in [7, 11) is 1.63. The van der Waals surface area contributed by atoms with Gasteiger partial charge in [-0.1, -0.05) is 31.2 Å². The van der Waals surface area contributed by atoms with E-state index in [1.807, 2.05) is 43.3 Å². The van der Waals surface area contributed by atoms with Gasteiger partial charge in [0.15, 0.2) is 0 Å². The van der Waals surface area contributed by atoms with Crippen LogP contribution in [0.25, 0.3) is 6.08 Å². The number of ether oxygens (including phenoxy) is 1. The average molecular weight is 288 g/mol. The Morgan fingerprint density at radius 3 is 2.86 bits per heavy atom. The van der Waals surface area contributed by atoms with Crippen LogP contribution in [-0.4, -0.2) is 36.5 Å². The Hall–Kier alpha value is -2.30. The molecular formula is C16H20N2O3. The topological polar surface area (TPSA) is 58.6 Å². The number of amides is 3. The molecule has 21 heavy (non-hydrogen) atoms. The maximum Gasteiger partial charge on any atom is 0.324 e. The lowest BCUT2D eigenvalue weighted by Crippen LogP contribution is -2.32. The van der Waals surface area contributed by atoms with E-state index >= 15 is 0 Å². The maximum absolute atomic E-state index is 11.9. The van der Waals surface area contributed by atoms with Gasteiger partial charge in [-0.2, -0.15) is 0 Å². The fraction of sp³-hybridized carbons (Fsp3) is 0.375. The normalized spacial score (nSPS) is 18.4. The third-order valence-electron chi connectivity index (χ3n) is 3.44. The molecule has 1 unspecified atom stereocenters. The molecule has 1 aromatic carbocycles. The third kappa shape index (κ3) is 3.62. The van der Waals surface area contributed by atoms with E-state index in [1.54, 1.807) is 7.11 Å². The number of nitrogens with zero attached hydrogens (tertiary/aromatic N) is 1. The lowest BCUT2D eigenvalue weighted by atomic mass is 10.2. The molecule has 1 aliphatic heterocycles. The first-order valence-corrected chi connectivity index (χ1v) is 7.08. The van der Waals surface area contributed by atoms with Gasteiger partial charge in [-0.3, -0.25) is 9.69 Å². The number of methoxy groups -OCH3 is 1. The molecule has 1 fully saturated rings. The van der Waals surface area contributed by atoms with E-state index in [9.17, 15) is 9.59 Å². The Bertz CT molecular complexity index is 554. The van der Waals surface area contributed by atoms with Gasteiger partial charge in [-0.15, -0.1) is 0 Å². The Balaban J connectivity index is 1.87. The fourth-order valence-electron chi connectivity index (χ4n) is 2.23. The van der Waals surface area contributed by atoms with Crippen molar-refractivity contribution >= 4 is 18.0 Å². The number of imide groups is 1. The van der Waals surface area contributed by atoms with Crippen LogP contribution in [0.3, 0.4) is 0 Å². The van der Waals surface area contributed by atoms with Gasteiger partial charge in [0.25, 0.3) is 5.91 Å². The molecule has 0 bridgehead atoms. The minimum Gasteiger partial charge on any atom is -0.497 e. The fourth-order valence-corrected chi connectivity index (χ4v) is 2.23. The van der Waals surface area contributed by atoms with Crippen molar-refractivity contribution in [1.82, 2.24) is 10.2 Å². The Morgan fingerprint density at radius 2 is 2.19 bits per heavy atom. The molecule has 0 spiro atoms. The molecule has 112 valence electrons. The zero-order chi connectivity index (χ0) is 15.2. The predicted molar refractivity (Wildman–Crippen MR) is 81.0 cm³/mol. The summed E-state index contributed by atoms with van der Waals surface area (Å²) in [5.74, 6) is 0.675.